The Kier molecular flexibility index (Phi) is 5.13. The van der Waals surface area contributed by atoms with Crippen LogP contribution in [0.3, 0.4) is 0 Å². The highest BCUT2D eigenvalue weighted by Crippen LogP contribution is 2.25. The lowest BCUT2D eigenvalue weighted by atomic mass is 10.1. The number of hydrogen-bond acceptors (Lipinski definition) is 4. The van der Waals surface area contributed by atoms with Gasteiger partial charge in [0, 0.05) is 37.6 Å². The fourth-order valence-electron chi connectivity index (χ4n) is 2.62. The molecule has 1 aromatic rings. The van der Waals surface area contributed by atoms with E-state index >= 15 is 0 Å². The zero-order valence-corrected chi connectivity index (χ0v) is 14.3. The van der Waals surface area contributed by atoms with Crippen molar-refractivity contribution in [2.45, 2.75) is 33.3 Å². The Morgan fingerprint density at radius 2 is 1.87 bits per heavy atom. The van der Waals surface area contributed by atoms with E-state index < -0.39 is 5.60 Å². The summed E-state index contributed by atoms with van der Waals surface area (Å²) in [6.45, 7) is 10.5. The van der Waals surface area contributed by atoms with Gasteiger partial charge in [0.15, 0.2) is 0 Å². The van der Waals surface area contributed by atoms with Crippen molar-refractivity contribution in [2.75, 3.05) is 36.4 Å². The van der Waals surface area contributed by atoms with Crippen molar-refractivity contribution < 1.29 is 14.3 Å². The molecule has 1 aliphatic heterocycles. The highest BCUT2D eigenvalue weighted by atomic mass is 16.6. The molecule has 0 spiro atoms. The lowest BCUT2D eigenvalue weighted by Crippen LogP contribution is -2.50. The van der Waals surface area contributed by atoms with E-state index in [1.807, 2.05) is 45.9 Å². The molecule has 1 heterocycles. The Balaban J connectivity index is 1.96. The Bertz CT molecular complexity index is 573. The summed E-state index contributed by atoms with van der Waals surface area (Å²) >= 11 is 0. The molecule has 2 rings (SSSR count). The van der Waals surface area contributed by atoms with Gasteiger partial charge >= 0.3 is 6.09 Å². The first kappa shape index (κ1) is 17.1. The predicted octanol–water partition coefficient (Wildman–Crippen LogP) is 2.62. The van der Waals surface area contributed by atoms with Gasteiger partial charge in [-0.2, -0.15) is 0 Å². The SMILES string of the molecule is Cc1cc(NC=O)ccc1N1CCN(C(=O)OC(C)(C)C)CC1. The largest absolute Gasteiger partial charge is 0.444 e. The molecule has 6 nitrogen and oxygen atoms in total. The van der Waals surface area contributed by atoms with Crippen LogP contribution in [0.2, 0.25) is 0 Å². The van der Waals surface area contributed by atoms with Gasteiger partial charge in [0.1, 0.15) is 5.60 Å². The van der Waals surface area contributed by atoms with Gasteiger partial charge in [-0.1, -0.05) is 0 Å². The molecule has 0 unspecified atom stereocenters. The summed E-state index contributed by atoms with van der Waals surface area (Å²) in [5.41, 5.74) is 2.55. The minimum absolute atomic E-state index is 0.251. The number of rotatable bonds is 3. The van der Waals surface area contributed by atoms with Crippen LogP contribution in [0, 0.1) is 6.92 Å². The van der Waals surface area contributed by atoms with Crippen LogP contribution >= 0.6 is 0 Å². The number of hydrogen-bond donors (Lipinski definition) is 1. The fourth-order valence-corrected chi connectivity index (χ4v) is 2.62. The second-order valence-electron chi connectivity index (χ2n) is 6.72. The minimum Gasteiger partial charge on any atom is -0.444 e. The van der Waals surface area contributed by atoms with Gasteiger partial charge in [-0.15, -0.1) is 0 Å². The van der Waals surface area contributed by atoms with Gasteiger partial charge in [-0.25, -0.2) is 4.79 Å². The normalized spacial score (nSPS) is 15.3. The molecule has 0 saturated carbocycles. The first-order chi connectivity index (χ1) is 10.8. The van der Waals surface area contributed by atoms with E-state index in [2.05, 4.69) is 10.2 Å². The molecular weight excluding hydrogens is 294 g/mol. The highest BCUT2D eigenvalue weighted by molar-refractivity contribution is 5.74. The van der Waals surface area contributed by atoms with E-state index in [1.165, 1.54) is 0 Å². The summed E-state index contributed by atoms with van der Waals surface area (Å²) in [4.78, 5) is 26.6. The number of piperazine rings is 1. The molecule has 1 aliphatic rings. The molecule has 126 valence electrons. The van der Waals surface area contributed by atoms with Gasteiger partial charge in [0.2, 0.25) is 6.41 Å². The van der Waals surface area contributed by atoms with Crippen molar-refractivity contribution >= 4 is 23.9 Å². The summed E-state index contributed by atoms with van der Waals surface area (Å²) in [6, 6.07) is 5.84. The van der Waals surface area contributed by atoms with Crippen molar-refractivity contribution in [3.05, 3.63) is 23.8 Å². The Hall–Kier alpha value is -2.24. The van der Waals surface area contributed by atoms with Crippen molar-refractivity contribution in [1.82, 2.24) is 4.90 Å². The Labute approximate surface area is 137 Å². The monoisotopic (exact) mass is 319 g/mol. The summed E-state index contributed by atoms with van der Waals surface area (Å²) in [7, 11) is 0. The van der Waals surface area contributed by atoms with Crippen LogP contribution in [-0.4, -0.2) is 49.2 Å². The second-order valence-corrected chi connectivity index (χ2v) is 6.72. The maximum Gasteiger partial charge on any atom is 0.410 e. The van der Waals surface area contributed by atoms with Gasteiger partial charge in [0.05, 0.1) is 0 Å². The Morgan fingerprint density at radius 1 is 1.22 bits per heavy atom. The number of carbonyl (C=O) groups is 2. The zero-order chi connectivity index (χ0) is 17.0. The standard InChI is InChI=1S/C17H25N3O3/c1-13-11-14(18-12-21)5-6-15(13)19-7-9-20(10-8-19)16(22)23-17(2,3)4/h5-6,11-12H,7-10H2,1-4H3,(H,18,21). The number of nitrogens with one attached hydrogen (secondary N) is 1. The molecule has 0 aromatic heterocycles. The zero-order valence-electron chi connectivity index (χ0n) is 14.3. The third-order valence-electron chi connectivity index (χ3n) is 3.69. The summed E-state index contributed by atoms with van der Waals surface area (Å²) in [5, 5.41) is 2.65. The van der Waals surface area contributed by atoms with E-state index in [1.54, 1.807) is 4.90 Å². The van der Waals surface area contributed by atoms with Crippen LogP contribution in [0.15, 0.2) is 18.2 Å². The van der Waals surface area contributed by atoms with Gasteiger partial charge in [-0.3, -0.25) is 4.79 Å². The van der Waals surface area contributed by atoms with Crippen molar-refractivity contribution in [2.24, 2.45) is 0 Å². The quantitative estimate of drug-likeness (QED) is 0.870. The average molecular weight is 319 g/mol. The number of nitrogens with zero attached hydrogens (tertiary/aromatic N) is 2. The molecule has 2 amide bonds. The maximum absolute atomic E-state index is 12.1. The van der Waals surface area contributed by atoms with E-state index in [9.17, 15) is 9.59 Å². The van der Waals surface area contributed by atoms with Crippen LogP contribution in [0.25, 0.3) is 0 Å². The van der Waals surface area contributed by atoms with E-state index in [0.717, 1.165) is 30.0 Å². The smallest absolute Gasteiger partial charge is 0.410 e. The van der Waals surface area contributed by atoms with Crippen LogP contribution in [0.1, 0.15) is 26.3 Å². The number of carbonyl (C=O) groups excluding carboxylic acids is 2. The van der Waals surface area contributed by atoms with Gasteiger partial charge < -0.3 is 19.9 Å². The van der Waals surface area contributed by atoms with Crippen molar-refractivity contribution in [3.8, 4) is 0 Å². The van der Waals surface area contributed by atoms with Crippen molar-refractivity contribution in [3.63, 3.8) is 0 Å². The van der Waals surface area contributed by atoms with Crippen molar-refractivity contribution in [1.29, 1.82) is 0 Å². The lowest BCUT2D eigenvalue weighted by Gasteiger charge is -2.37. The lowest BCUT2D eigenvalue weighted by molar-refractivity contribution is -0.105. The molecule has 0 atom stereocenters. The van der Waals surface area contributed by atoms with E-state index in [-0.39, 0.29) is 6.09 Å². The molecule has 23 heavy (non-hydrogen) atoms. The number of ether oxygens (including phenoxy) is 1. The molecule has 0 radical (unpaired) electrons. The molecule has 0 bridgehead atoms. The fraction of sp³-hybridized carbons (Fsp3) is 0.529. The van der Waals surface area contributed by atoms with Crippen LogP contribution < -0.4 is 10.2 Å². The third-order valence-corrected chi connectivity index (χ3v) is 3.69. The number of aryl methyl sites for hydroxylation is 1. The van der Waals surface area contributed by atoms with Gasteiger partial charge in [-0.05, 0) is 51.5 Å². The van der Waals surface area contributed by atoms with E-state index in [4.69, 9.17) is 4.74 Å². The maximum atomic E-state index is 12.1. The first-order valence-corrected chi connectivity index (χ1v) is 7.84. The third kappa shape index (κ3) is 4.61. The van der Waals surface area contributed by atoms with E-state index in [0.29, 0.717) is 19.5 Å². The minimum atomic E-state index is -0.466. The molecule has 1 N–H and O–H groups in total. The van der Waals surface area contributed by atoms with Gasteiger partial charge in [0.25, 0.3) is 0 Å². The molecule has 6 heteroatoms. The molecule has 1 aromatic carbocycles. The summed E-state index contributed by atoms with van der Waals surface area (Å²) in [6.07, 6.45) is 0.424. The van der Waals surface area contributed by atoms with Crippen LogP contribution in [0.4, 0.5) is 16.2 Å². The predicted molar refractivity (Wildman–Crippen MR) is 90.9 cm³/mol. The first-order valence-electron chi connectivity index (χ1n) is 7.84. The average Bonchev–Trinajstić information content (AvgIpc) is 2.46. The van der Waals surface area contributed by atoms with Crippen LogP contribution in [-0.2, 0) is 9.53 Å². The number of anilines is 2. The number of amides is 2. The highest BCUT2D eigenvalue weighted by Gasteiger charge is 2.26. The second kappa shape index (κ2) is 6.89. The topological polar surface area (TPSA) is 61.9 Å². The molecule has 0 aliphatic carbocycles. The molecular formula is C17H25N3O3. The molecule has 1 fully saturated rings. The Morgan fingerprint density at radius 3 is 2.39 bits per heavy atom. The van der Waals surface area contributed by atoms with Crippen LogP contribution in [0.5, 0.6) is 0 Å². The summed E-state index contributed by atoms with van der Waals surface area (Å²) < 4.78 is 5.41. The number of benzene rings is 1. The summed E-state index contributed by atoms with van der Waals surface area (Å²) in [5.74, 6) is 0. The molecule has 1 saturated heterocycles.